The number of ether oxygens (including phenoxy) is 2. The van der Waals surface area contributed by atoms with Gasteiger partial charge in [-0.05, 0) is 59.4 Å². The zero-order chi connectivity index (χ0) is 20.8. The van der Waals surface area contributed by atoms with Crippen molar-refractivity contribution in [3.63, 3.8) is 0 Å². The normalized spacial score (nSPS) is 21.8. The Bertz CT molecular complexity index is 720. The Morgan fingerprint density at radius 2 is 1.64 bits per heavy atom. The zero-order valence-electron chi connectivity index (χ0n) is 17.3. The summed E-state index contributed by atoms with van der Waals surface area (Å²) in [6.45, 7) is 10.2. The molecular weight excluding hydrogens is 380 g/mol. The molecule has 0 aromatic carbocycles. The molecule has 0 saturated carbocycles. The Hall–Kier alpha value is -1.93. The van der Waals surface area contributed by atoms with Gasteiger partial charge in [-0.2, -0.15) is 0 Å². The molecule has 156 valence electrons. The van der Waals surface area contributed by atoms with Crippen molar-refractivity contribution in [2.75, 3.05) is 25.1 Å². The fourth-order valence-electron chi connectivity index (χ4n) is 3.73. The molecule has 3 atom stereocenters. The predicted molar refractivity (Wildman–Crippen MR) is 108 cm³/mol. The lowest BCUT2D eigenvalue weighted by molar-refractivity contribution is -0.943. The van der Waals surface area contributed by atoms with Gasteiger partial charge in [-0.1, -0.05) is 0 Å². The number of esters is 2. The largest absolute Gasteiger partial charge is 0.462 e. The van der Waals surface area contributed by atoms with Gasteiger partial charge in [-0.3, -0.25) is 4.79 Å². The zero-order valence-corrected chi connectivity index (χ0v) is 18.2. The van der Waals surface area contributed by atoms with Crippen LogP contribution >= 0.6 is 11.3 Å². The molecule has 2 rings (SSSR count). The number of rotatable bonds is 7. The van der Waals surface area contributed by atoms with Crippen LogP contribution in [0.15, 0.2) is 0 Å². The lowest BCUT2D eigenvalue weighted by atomic mass is 9.97. The van der Waals surface area contributed by atoms with E-state index in [1.807, 2.05) is 0 Å². The van der Waals surface area contributed by atoms with E-state index in [0.717, 1.165) is 24.2 Å². The molecule has 28 heavy (non-hydrogen) atoms. The quantitative estimate of drug-likeness (QED) is 0.672. The van der Waals surface area contributed by atoms with Crippen molar-refractivity contribution in [2.24, 2.45) is 0 Å². The van der Waals surface area contributed by atoms with Crippen LogP contribution in [-0.2, 0) is 14.3 Å². The smallest absolute Gasteiger partial charge is 0.348 e. The van der Waals surface area contributed by atoms with Crippen molar-refractivity contribution >= 4 is 34.2 Å². The third kappa shape index (κ3) is 5.11. The summed E-state index contributed by atoms with van der Waals surface area (Å²) in [4.78, 5) is 38.9. The highest BCUT2D eigenvalue weighted by molar-refractivity contribution is 7.18. The number of thiophene rings is 1. The average Bonchev–Trinajstić information content (AvgIpc) is 2.95. The molecule has 1 amide bonds. The molecule has 1 aromatic heterocycles. The topological polar surface area (TPSA) is 86.1 Å². The number of piperidine rings is 1. The van der Waals surface area contributed by atoms with Crippen LogP contribution in [0.25, 0.3) is 0 Å². The maximum absolute atomic E-state index is 12.7. The van der Waals surface area contributed by atoms with Crippen molar-refractivity contribution < 1.29 is 28.8 Å². The fraction of sp³-hybridized carbons (Fsp3) is 0.650. The van der Waals surface area contributed by atoms with Gasteiger partial charge in [-0.25, -0.2) is 9.59 Å². The molecule has 0 bridgehead atoms. The van der Waals surface area contributed by atoms with E-state index in [1.54, 1.807) is 20.8 Å². The van der Waals surface area contributed by atoms with Gasteiger partial charge in [0.15, 0.2) is 6.54 Å². The number of carbonyl (C=O) groups is 3. The molecule has 8 heteroatoms. The van der Waals surface area contributed by atoms with E-state index in [-0.39, 0.29) is 24.7 Å². The van der Waals surface area contributed by atoms with Crippen LogP contribution < -0.4 is 10.2 Å². The minimum absolute atomic E-state index is 0.169. The molecule has 1 saturated heterocycles. The third-order valence-electron chi connectivity index (χ3n) is 5.25. The number of hydrogen-bond donors (Lipinski definition) is 2. The second-order valence-electron chi connectivity index (χ2n) is 7.23. The van der Waals surface area contributed by atoms with Crippen LogP contribution in [0.1, 0.15) is 72.6 Å². The Labute approximate surface area is 170 Å². The van der Waals surface area contributed by atoms with E-state index in [1.165, 1.54) is 11.3 Å². The van der Waals surface area contributed by atoms with Crippen molar-refractivity contribution in [3.05, 3.63) is 16.0 Å². The standard InChI is InChI=1S/C20H30N2O5S/c1-6-26-19(24)16-14(5)17(20(25)27-7-2)28-18(16)21-15(23)11-22-12(3)9-8-10-13(22)4/h12-13H,6-11H2,1-5H3,(H,21,23)/p+1/t12-,13+. The number of likely N-dealkylation sites (tertiary alicyclic amines) is 1. The molecule has 1 aliphatic heterocycles. The Morgan fingerprint density at radius 3 is 2.21 bits per heavy atom. The molecule has 7 nitrogen and oxygen atoms in total. The highest BCUT2D eigenvalue weighted by Gasteiger charge is 2.32. The highest BCUT2D eigenvalue weighted by Crippen LogP contribution is 2.34. The van der Waals surface area contributed by atoms with Gasteiger partial charge in [0.25, 0.3) is 5.91 Å². The first kappa shape index (κ1) is 22.4. The Balaban J connectivity index is 2.24. The van der Waals surface area contributed by atoms with E-state index in [2.05, 4.69) is 19.2 Å². The lowest BCUT2D eigenvalue weighted by Gasteiger charge is -2.35. The van der Waals surface area contributed by atoms with E-state index in [0.29, 0.717) is 34.1 Å². The van der Waals surface area contributed by atoms with Crippen LogP contribution in [0.3, 0.4) is 0 Å². The number of quaternary nitrogens is 1. The summed E-state index contributed by atoms with van der Waals surface area (Å²) in [5.74, 6) is -1.22. The van der Waals surface area contributed by atoms with Gasteiger partial charge in [0.1, 0.15) is 9.88 Å². The van der Waals surface area contributed by atoms with Crippen LogP contribution in [0.2, 0.25) is 0 Å². The van der Waals surface area contributed by atoms with Crippen molar-refractivity contribution in [2.45, 2.75) is 66.0 Å². The summed E-state index contributed by atoms with van der Waals surface area (Å²) in [7, 11) is 0. The van der Waals surface area contributed by atoms with E-state index in [4.69, 9.17) is 9.47 Å². The summed E-state index contributed by atoms with van der Waals surface area (Å²) in [6.07, 6.45) is 3.39. The third-order valence-corrected chi connectivity index (χ3v) is 6.43. The second kappa shape index (κ2) is 10.0. The van der Waals surface area contributed by atoms with Gasteiger partial charge < -0.3 is 19.7 Å². The van der Waals surface area contributed by atoms with E-state index in [9.17, 15) is 14.4 Å². The summed E-state index contributed by atoms with van der Waals surface area (Å²) >= 11 is 1.06. The maximum Gasteiger partial charge on any atom is 0.348 e. The first-order valence-electron chi connectivity index (χ1n) is 9.93. The summed E-state index contributed by atoms with van der Waals surface area (Å²) in [5.41, 5.74) is 0.710. The number of hydrogen-bond acceptors (Lipinski definition) is 6. The number of nitrogens with one attached hydrogen (secondary N) is 2. The Morgan fingerprint density at radius 1 is 1.07 bits per heavy atom. The summed E-state index contributed by atoms with van der Waals surface area (Å²) < 4.78 is 10.2. The van der Waals surface area contributed by atoms with Crippen LogP contribution in [0.4, 0.5) is 5.00 Å². The fourth-order valence-corrected chi connectivity index (χ4v) is 4.84. The minimum Gasteiger partial charge on any atom is -0.462 e. The second-order valence-corrected chi connectivity index (χ2v) is 8.25. The minimum atomic E-state index is -0.547. The molecule has 0 radical (unpaired) electrons. The van der Waals surface area contributed by atoms with Crippen molar-refractivity contribution in [1.82, 2.24) is 0 Å². The van der Waals surface area contributed by atoms with Gasteiger partial charge >= 0.3 is 11.9 Å². The molecule has 0 aliphatic carbocycles. The molecule has 1 aliphatic rings. The SMILES string of the molecule is CCOC(=O)c1sc(NC(=O)C[NH+]2[C@H](C)CCC[C@@H]2C)c(C(=O)OCC)c1C. The average molecular weight is 412 g/mol. The number of anilines is 1. The lowest BCUT2D eigenvalue weighted by Crippen LogP contribution is -3.20. The first-order valence-corrected chi connectivity index (χ1v) is 10.7. The molecule has 2 heterocycles. The van der Waals surface area contributed by atoms with Crippen molar-refractivity contribution in [1.29, 1.82) is 0 Å². The first-order chi connectivity index (χ1) is 13.3. The molecular formula is C20H31N2O5S+. The molecule has 1 unspecified atom stereocenters. The predicted octanol–water partition coefficient (Wildman–Crippen LogP) is 2.19. The Kier molecular flexibility index (Phi) is 8.00. The monoisotopic (exact) mass is 411 g/mol. The van der Waals surface area contributed by atoms with E-state index >= 15 is 0 Å². The summed E-state index contributed by atoms with van der Waals surface area (Å²) in [6, 6.07) is 0.832. The molecule has 2 N–H and O–H groups in total. The molecule has 1 aromatic rings. The van der Waals surface area contributed by atoms with E-state index < -0.39 is 11.9 Å². The van der Waals surface area contributed by atoms with Crippen molar-refractivity contribution in [3.8, 4) is 0 Å². The molecule has 1 fully saturated rings. The number of carbonyl (C=O) groups excluding carboxylic acids is 3. The van der Waals surface area contributed by atoms with Gasteiger partial charge in [-0.15, -0.1) is 11.3 Å². The maximum atomic E-state index is 12.7. The van der Waals surface area contributed by atoms with Gasteiger partial charge in [0, 0.05) is 0 Å². The van der Waals surface area contributed by atoms with Crippen LogP contribution in [0.5, 0.6) is 0 Å². The van der Waals surface area contributed by atoms with Crippen LogP contribution in [-0.4, -0.2) is 49.7 Å². The van der Waals surface area contributed by atoms with Crippen LogP contribution in [0, 0.1) is 6.92 Å². The van der Waals surface area contributed by atoms with Gasteiger partial charge in [0.05, 0.1) is 30.9 Å². The molecule has 0 spiro atoms. The van der Waals surface area contributed by atoms with Gasteiger partial charge in [0.2, 0.25) is 0 Å². The summed E-state index contributed by atoms with van der Waals surface area (Å²) in [5, 5.41) is 3.19. The highest BCUT2D eigenvalue weighted by atomic mass is 32.1. The number of amides is 1.